The van der Waals surface area contributed by atoms with Gasteiger partial charge in [0.1, 0.15) is 0 Å². The molecule has 0 aromatic carbocycles. The van der Waals surface area contributed by atoms with Crippen LogP contribution in [0.3, 0.4) is 0 Å². The van der Waals surface area contributed by atoms with Crippen molar-refractivity contribution in [3.63, 3.8) is 0 Å². The van der Waals surface area contributed by atoms with Gasteiger partial charge in [0.05, 0.1) is 0 Å². The molecule has 0 bridgehead atoms. The predicted molar refractivity (Wildman–Crippen MR) is 50.6 cm³/mol. The Bertz CT molecular complexity index is 144. The zero-order chi connectivity index (χ0) is 8.70. The zero-order valence-corrected chi connectivity index (χ0v) is 8.70. The van der Waals surface area contributed by atoms with Crippen LogP contribution in [0.25, 0.3) is 0 Å². The molecule has 1 aliphatic rings. The first-order valence-corrected chi connectivity index (χ1v) is 4.86. The van der Waals surface area contributed by atoms with Crippen LogP contribution in [0.5, 0.6) is 0 Å². The molecule has 0 saturated heterocycles. The van der Waals surface area contributed by atoms with Gasteiger partial charge >= 0.3 is 0 Å². The first-order chi connectivity index (χ1) is 4.86. The van der Waals surface area contributed by atoms with Gasteiger partial charge in [-0.1, -0.05) is 34.6 Å². The Kier molecular flexibility index (Phi) is 2.07. The Balaban J connectivity index is 2.65. The highest BCUT2D eigenvalue weighted by atomic mass is 14.5. The van der Waals surface area contributed by atoms with E-state index in [2.05, 4.69) is 34.6 Å². The van der Waals surface area contributed by atoms with Gasteiger partial charge in [0, 0.05) is 0 Å². The average Bonchev–Trinajstić information content (AvgIpc) is 2.08. The molecule has 1 saturated carbocycles. The molecule has 0 spiro atoms. The van der Waals surface area contributed by atoms with Crippen molar-refractivity contribution < 1.29 is 0 Å². The van der Waals surface area contributed by atoms with E-state index >= 15 is 0 Å². The molecule has 11 heavy (non-hydrogen) atoms. The van der Waals surface area contributed by atoms with E-state index in [-0.39, 0.29) is 0 Å². The van der Waals surface area contributed by atoms with Gasteiger partial charge in [-0.3, -0.25) is 0 Å². The lowest BCUT2D eigenvalue weighted by atomic mass is 9.75. The lowest BCUT2D eigenvalue weighted by Crippen LogP contribution is -2.21. The summed E-state index contributed by atoms with van der Waals surface area (Å²) in [6.07, 6.45) is 4.26. The van der Waals surface area contributed by atoms with Crippen LogP contribution in [-0.2, 0) is 0 Å². The number of rotatable bonds is 1. The van der Waals surface area contributed by atoms with Gasteiger partial charge < -0.3 is 0 Å². The summed E-state index contributed by atoms with van der Waals surface area (Å²) >= 11 is 0. The van der Waals surface area contributed by atoms with E-state index in [0.717, 1.165) is 5.92 Å². The maximum atomic E-state index is 2.45. The van der Waals surface area contributed by atoms with Gasteiger partial charge in [0.15, 0.2) is 0 Å². The minimum Gasteiger partial charge on any atom is -0.0623 e. The molecule has 0 heterocycles. The Morgan fingerprint density at radius 2 is 1.55 bits per heavy atom. The maximum absolute atomic E-state index is 2.45. The SMILES string of the molecule is CC(C)C1(C)CCC(C)(C)C1. The second-order valence-corrected chi connectivity index (χ2v) is 5.65. The topological polar surface area (TPSA) is 0 Å². The Morgan fingerprint density at radius 3 is 1.73 bits per heavy atom. The average molecular weight is 154 g/mol. The van der Waals surface area contributed by atoms with Crippen LogP contribution in [0, 0.1) is 16.7 Å². The minimum atomic E-state index is 0.610. The van der Waals surface area contributed by atoms with Crippen LogP contribution < -0.4 is 0 Å². The summed E-state index contributed by atoms with van der Waals surface area (Å²) < 4.78 is 0. The molecule has 0 amide bonds. The van der Waals surface area contributed by atoms with E-state index in [4.69, 9.17) is 0 Å². The molecular formula is C11H22. The largest absolute Gasteiger partial charge is 0.0623 e. The van der Waals surface area contributed by atoms with E-state index < -0.39 is 0 Å². The number of hydrogen-bond donors (Lipinski definition) is 0. The summed E-state index contributed by atoms with van der Waals surface area (Å²) in [4.78, 5) is 0. The summed E-state index contributed by atoms with van der Waals surface area (Å²) in [6, 6.07) is 0. The molecule has 66 valence electrons. The zero-order valence-electron chi connectivity index (χ0n) is 8.70. The summed E-state index contributed by atoms with van der Waals surface area (Å²) in [6.45, 7) is 12.0. The van der Waals surface area contributed by atoms with E-state index in [9.17, 15) is 0 Å². The summed E-state index contributed by atoms with van der Waals surface area (Å²) in [5, 5.41) is 0. The third-order valence-electron chi connectivity index (χ3n) is 3.65. The summed E-state index contributed by atoms with van der Waals surface area (Å²) in [5.41, 5.74) is 1.24. The van der Waals surface area contributed by atoms with Crippen molar-refractivity contribution in [2.24, 2.45) is 16.7 Å². The van der Waals surface area contributed by atoms with Crippen molar-refractivity contribution >= 4 is 0 Å². The quantitative estimate of drug-likeness (QED) is 0.538. The second kappa shape index (κ2) is 2.50. The van der Waals surface area contributed by atoms with Crippen molar-refractivity contribution in [1.82, 2.24) is 0 Å². The third-order valence-corrected chi connectivity index (χ3v) is 3.65. The van der Waals surface area contributed by atoms with E-state index in [1.807, 2.05) is 0 Å². The van der Waals surface area contributed by atoms with Crippen LogP contribution in [-0.4, -0.2) is 0 Å². The molecule has 0 aliphatic heterocycles. The van der Waals surface area contributed by atoms with Crippen molar-refractivity contribution in [1.29, 1.82) is 0 Å². The minimum absolute atomic E-state index is 0.610. The van der Waals surface area contributed by atoms with Gasteiger partial charge in [0.2, 0.25) is 0 Å². The van der Waals surface area contributed by atoms with Gasteiger partial charge in [-0.15, -0.1) is 0 Å². The molecule has 1 rings (SSSR count). The Morgan fingerprint density at radius 1 is 1.00 bits per heavy atom. The lowest BCUT2D eigenvalue weighted by molar-refractivity contribution is 0.199. The highest BCUT2D eigenvalue weighted by molar-refractivity contribution is 4.92. The van der Waals surface area contributed by atoms with Crippen LogP contribution in [0.2, 0.25) is 0 Å². The molecule has 1 aliphatic carbocycles. The summed E-state index contributed by atoms with van der Waals surface area (Å²) in [5.74, 6) is 0.851. The highest BCUT2D eigenvalue weighted by Gasteiger charge is 2.41. The predicted octanol–water partition coefficient (Wildman–Crippen LogP) is 3.86. The number of hydrogen-bond acceptors (Lipinski definition) is 0. The molecule has 0 heteroatoms. The molecule has 0 aromatic rings. The van der Waals surface area contributed by atoms with Crippen LogP contribution >= 0.6 is 0 Å². The maximum Gasteiger partial charge on any atom is -0.0298 e. The Hall–Kier alpha value is 0. The third kappa shape index (κ3) is 1.77. The molecule has 1 fully saturated rings. The standard InChI is InChI=1S/C11H22/c1-9(2)11(5)7-6-10(3,4)8-11/h9H,6-8H2,1-5H3. The smallest absolute Gasteiger partial charge is 0.0298 e. The van der Waals surface area contributed by atoms with E-state index in [0.29, 0.717) is 10.8 Å². The van der Waals surface area contributed by atoms with Crippen molar-refractivity contribution in [3.8, 4) is 0 Å². The second-order valence-electron chi connectivity index (χ2n) is 5.65. The monoisotopic (exact) mass is 154 g/mol. The van der Waals surface area contributed by atoms with Crippen molar-refractivity contribution in [2.75, 3.05) is 0 Å². The first-order valence-electron chi connectivity index (χ1n) is 4.86. The lowest BCUT2D eigenvalue weighted by Gasteiger charge is -2.30. The molecule has 0 radical (unpaired) electrons. The fourth-order valence-corrected chi connectivity index (χ4v) is 2.39. The summed E-state index contributed by atoms with van der Waals surface area (Å²) in [7, 11) is 0. The van der Waals surface area contributed by atoms with Crippen molar-refractivity contribution in [3.05, 3.63) is 0 Å². The Labute approximate surface area is 71.4 Å². The van der Waals surface area contributed by atoms with Crippen LogP contribution in [0.4, 0.5) is 0 Å². The molecule has 1 atom stereocenters. The molecule has 1 unspecified atom stereocenters. The van der Waals surface area contributed by atoms with Crippen molar-refractivity contribution in [2.45, 2.75) is 53.9 Å². The van der Waals surface area contributed by atoms with Gasteiger partial charge in [-0.05, 0) is 36.0 Å². The fourth-order valence-electron chi connectivity index (χ4n) is 2.39. The van der Waals surface area contributed by atoms with Crippen LogP contribution in [0.15, 0.2) is 0 Å². The van der Waals surface area contributed by atoms with E-state index in [1.165, 1.54) is 19.3 Å². The molecule has 0 nitrogen and oxygen atoms in total. The fraction of sp³-hybridized carbons (Fsp3) is 1.00. The molecular weight excluding hydrogens is 132 g/mol. The van der Waals surface area contributed by atoms with E-state index in [1.54, 1.807) is 0 Å². The molecule has 0 N–H and O–H groups in total. The van der Waals surface area contributed by atoms with Gasteiger partial charge in [-0.2, -0.15) is 0 Å². The molecule has 0 aromatic heterocycles. The normalized spacial score (nSPS) is 36.5. The van der Waals surface area contributed by atoms with Crippen LogP contribution in [0.1, 0.15) is 53.9 Å². The van der Waals surface area contributed by atoms with Gasteiger partial charge in [0.25, 0.3) is 0 Å². The van der Waals surface area contributed by atoms with Gasteiger partial charge in [-0.25, -0.2) is 0 Å². The first kappa shape index (κ1) is 9.09. The highest BCUT2D eigenvalue weighted by Crippen LogP contribution is 2.52.